The summed E-state index contributed by atoms with van der Waals surface area (Å²) in [5.74, 6) is -0.405. The minimum Gasteiger partial charge on any atom is -0.358 e. The third kappa shape index (κ3) is 2.31. The van der Waals surface area contributed by atoms with Gasteiger partial charge in [-0.05, 0) is 17.9 Å². The molecule has 0 aliphatic carbocycles. The van der Waals surface area contributed by atoms with E-state index in [2.05, 4.69) is 30.9 Å². The second-order valence-electron chi connectivity index (χ2n) is 3.48. The van der Waals surface area contributed by atoms with E-state index in [9.17, 15) is 14.9 Å². The fraction of sp³-hybridized carbons (Fsp3) is 0.250. The molecule has 2 aromatic rings. The van der Waals surface area contributed by atoms with Crippen LogP contribution in [0.25, 0.3) is 0 Å². The molecule has 0 saturated heterocycles. The Morgan fingerprint density at radius 3 is 2.89 bits per heavy atom. The van der Waals surface area contributed by atoms with Crippen molar-refractivity contribution in [3.63, 3.8) is 0 Å². The first-order chi connectivity index (χ1) is 8.58. The molecule has 0 aliphatic heterocycles. The number of hydrogen-bond donors (Lipinski definition) is 3. The number of nitrogens with zero attached hydrogens (tertiary/aromatic N) is 4. The van der Waals surface area contributed by atoms with Crippen LogP contribution in [0.15, 0.2) is 12.1 Å². The Balaban J connectivity index is 2.05. The maximum atomic E-state index is 11.7. The number of hydrogen-bond acceptors (Lipinski definition) is 6. The molecule has 1 atom stereocenters. The molecule has 94 valence electrons. The molecule has 0 aliphatic rings. The van der Waals surface area contributed by atoms with E-state index in [1.54, 1.807) is 6.92 Å². The van der Waals surface area contributed by atoms with Crippen LogP contribution < -0.4 is 5.32 Å². The van der Waals surface area contributed by atoms with Gasteiger partial charge in [-0.15, -0.1) is 10.2 Å². The Bertz CT molecular complexity index is 561. The van der Waals surface area contributed by atoms with Crippen molar-refractivity contribution < 1.29 is 9.72 Å². The molecule has 1 unspecified atom stereocenters. The van der Waals surface area contributed by atoms with Crippen molar-refractivity contribution in [3.05, 3.63) is 33.8 Å². The summed E-state index contributed by atoms with van der Waals surface area (Å²) in [6, 6.07) is 2.09. The fourth-order valence-electron chi connectivity index (χ4n) is 1.31. The summed E-state index contributed by atoms with van der Waals surface area (Å²) < 4.78 is 0. The van der Waals surface area contributed by atoms with Gasteiger partial charge < -0.3 is 15.4 Å². The van der Waals surface area contributed by atoms with Gasteiger partial charge in [0.1, 0.15) is 0 Å². The van der Waals surface area contributed by atoms with E-state index in [4.69, 9.17) is 0 Å². The summed E-state index contributed by atoms with van der Waals surface area (Å²) in [7, 11) is 0. The molecule has 1 amide bonds. The van der Waals surface area contributed by atoms with E-state index in [0.717, 1.165) is 0 Å². The molecule has 2 rings (SSSR count). The topological polar surface area (TPSA) is 142 Å². The van der Waals surface area contributed by atoms with E-state index >= 15 is 0 Å². The molecule has 18 heavy (non-hydrogen) atoms. The lowest BCUT2D eigenvalue weighted by Gasteiger charge is -2.07. The van der Waals surface area contributed by atoms with Gasteiger partial charge in [0.2, 0.25) is 0 Å². The van der Waals surface area contributed by atoms with E-state index < -0.39 is 16.9 Å². The summed E-state index contributed by atoms with van der Waals surface area (Å²) in [6.07, 6.45) is 0. The summed E-state index contributed by atoms with van der Waals surface area (Å²) in [5, 5.41) is 26.1. The second-order valence-corrected chi connectivity index (χ2v) is 3.48. The van der Waals surface area contributed by atoms with Gasteiger partial charge in [0, 0.05) is 6.07 Å². The molecule has 10 nitrogen and oxygen atoms in total. The first-order valence-electron chi connectivity index (χ1n) is 4.95. The van der Waals surface area contributed by atoms with Crippen molar-refractivity contribution in [2.24, 2.45) is 0 Å². The number of aromatic amines is 2. The van der Waals surface area contributed by atoms with Crippen LogP contribution in [0.4, 0.5) is 5.82 Å². The maximum Gasteiger partial charge on any atom is 0.321 e. The van der Waals surface area contributed by atoms with Gasteiger partial charge in [-0.3, -0.25) is 4.79 Å². The zero-order valence-electron chi connectivity index (χ0n) is 9.25. The number of amides is 1. The molecule has 0 saturated carbocycles. The number of H-pyrrole nitrogens is 2. The summed E-state index contributed by atoms with van der Waals surface area (Å²) >= 11 is 0. The fourth-order valence-corrected chi connectivity index (χ4v) is 1.31. The van der Waals surface area contributed by atoms with Crippen LogP contribution in [-0.2, 0) is 0 Å². The van der Waals surface area contributed by atoms with Crippen molar-refractivity contribution in [2.75, 3.05) is 0 Å². The van der Waals surface area contributed by atoms with Crippen LogP contribution in [0.2, 0.25) is 0 Å². The Labute approximate surface area is 99.9 Å². The smallest absolute Gasteiger partial charge is 0.321 e. The molecule has 3 N–H and O–H groups in total. The highest BCUT2D eigenvalue weighted by molar-refractivity contribution is 5.93. The zero-order valence-corrected chi connectivity index (χ0v) is 9.25. The number of nitrogens with one attached hydrogen (secondary N) is 3. The summed E-state index contributed by atoms with van der Waals surface area (Å²) in [6.45, 7) is 1.67. The minimum absolute atomic E-state index is 0.0945. The largest absolute Gasteiger partial charge is 0.358 e. The molecule has 10 heteroatoms. The van der Waals surface area contributed by atoms with Crippen LogP contribution in [0.5, 0.6) is 0 Å². The first-order valence-corrected chi connectivity index (χ1v) is 4.95. The SMILES string of the molecule is CC(NC(=O)c1ccc([N+](=O)[O-])[nH]1)c1nn[nH]n1. The second kappa shape index (κ2) is 4.61. The Morgan fingerprint density at radius 1 is 1.56 bits per heavy atom. The van der Waals surface area contributed by atoms with Crippen molar-refractivity contribution >= 4 is 11.7 Å². The lowest BCUT2D eigenvalue weighted by molar-refractivity contribution is -0.389. The molecule has 0 spiro atoms. The number of carbonyl (C=O) groups is 1. The molecule has 0 fully saturated rings. The van der Waals surface area contributed by atoms with Gasteiger partial charge in [-0.2, -0.15) is 5.21 Å². The molecule has 0 aromatic carbocycles. The van der Waals surface area contributed by atoms with Gasteiger partial charge in [-0.1, -0.05) is 5.21 Å². The standard InChI is InChI=1S/C8H9N7O3/c1-4(7-11-13-14-12-7)9-8(16)5-2-3-6(10-5)15(17)18/h2-4,10H,1H3,(H,9,16)(H,11,12,13,14). The van der Waals surface area contributed by atoms with Crippen LogP contribution in [-0.4, -0.2) is 36.4 Å². The normalized spacial score (nSPS) is 12.1. The first kappa shape index (κ1) is 11.7. The lowest BCUT2D eigenvalue weighted by Crippen LogP contribution is -2.27. The highest BCUT2D eigenvalue weighted by atomic mass is 16.6. The van der Waals surface area contributed by atoms with Gasteiger partial charge in [0.15, 0.2) is 11.5 Å². The number of carbonyl (C=O) groups excluding carboxylic acids is 1. The van der Waals surface area contributed by atoms with Crippen LogP contribution in [0, 0.1) is 10.1 Å². The molecule has 2 aromatic heterocycles. The van der Waals surface area contributed by atoms with Gasteiger partial charge in [-0.25, -0.2) is 4.98 Å². The number of tetrazole rings is 1. The highest BCUT2D eigenvalue weighted by Gasteiger charge is 2.19. The highest BCUT2D eigenvalue weighted by Crippen LogP contribution is 2.11. The van der Waals surface area contributed by atoms with Crippen LogP contribution in [0.3, 0.4) is 0 Å². The average Bonchev–Trinajstić information content (AvgIpc) is 3.00. The maximum absolute atomic E-state index is 11.7. The molecule has 2 heterocycles. The number of rotatable bonds is 4. The van der Waals surface area contributed by atoms with E-state index in [1.807, 2.05) is 0 Å². The Kier molecular flexibility index (Phi) is 3.00. The minimum atomic E-state index is -0.612. The predicted octanol–water partition coefficient (Wildman–Crippen LogP) is -0.0730. The van der Waals surface area contributed by atoms with Crippen LogP contribution >= 0.6 is 0 Å². The number of aromatic nitrogens is 5. The summed E-state index contributed by atoms with van der Waals surface area (Å²) in [5.41, 5.74) is 0.0945. The van der Waals surface area contributed by atoms with Crippen molar-refractivity contribution in [1.82, 2.24) is 30.9 Å². The van der Waals surface area contributed by atoms with Crippen LogP contribution in [0.1, 0.15) is 29.3 Å². The van der Waals surface area contributed by atoms with Crippen molar-refractivity contribution in [3.8, 4) is 0 Å². The third-order valence-electron chi connectivity index (χ3n) is 2.21. The molecule has 0 bridgehead atoms. The molecule has 0 radical (unpaired) electrons. The van der Waals surface area contributed by atoms with Gasteiger partial charge >= 0.3 is 5.82 Å². The van der Waals surface area contributed by atoms with Gasteiger partial charge in [0.25, 0.3) is 5.91 Å². The quantitative estimate of drug-likeness (QED) is 0.512. The molecular formula is C8H9N7O3. The Morgan fingerprint density at radius 2 is 2.33 bits per heavy atom. The predicted molar refractivity (Wildman–Crippen MR) is 57.5 cm³/mol. The van der Waals surface area contributed by atoms with Crippen molar-refractivity contribution in [2.45, 2.75) is 13.0 Å². The van der Waals surface area contributed by atoms with E-state index in [1.165, 1.54) is 12.1 Å². The number of nitro groups is 1. The molecular weight excluding hydrogens is 242 g/mol. The van der Waals surface area contributed by atoms with E-state index in [0.29, 0.717) is 5.82 Å². The zero-order chi connectivity index (χ0) is 13.1. The summed E-state index contributed by atoms with van der Waals surface area (Å²) in [4.78, 5) is 24.0. The third-order valence-corrected chi connectivity index (χ3v) is 2.21. The average molecular weight is 251 g/mol. The van der Waals surface area contributed by atoms with E-state index in [-0.39, 0.29) is 11.5 Å². The van der Waals surface area contributed by atoms with Crippen molar-refractivity contribution in [1.29, 1.82) is 0 Å². The monoisotopic (exact) mass is 251 g/mol. The van der Waals surface area contributed by atoms with Gasteiger partial charge in [0.05, 0.1) is 6.04 Å². The Hall–Kier alpha value is -2.78. The lowest BCUT2D eigenvalue weighted by atomic mass is 10.3.